The van der Waals surface area contributed by atoms with Gasteiger partial charge in [-0.05, 0) is 42.0 Å². The van der Waals surface area contributed by atoms with Gasteiger partial charge >= 0.3 is 6.03 Å². The van der Waals surface area contributed by atoms with Crippen LogP contribution in [0.2, 0.25) is 0 Å². The number of methoxy groups -OCH3 is 1. The predicted molar refractivity (Wildman–Crippen MR) is 130 cm³/mol. The van der Waals surface area contributed by atoms with Crippen molar-refractivity contribution in [1.82, 2.24) is 20.5 Å². The van der Waals surface area contributed by atoms with Crippen LogP contribution in [0.1, 0.15) is 21.7 Å². The van der Waals surface area contributed by atoms with Crippen molar-refractivity contribution in [2.45, 2.75) is 12.1 Å². The smallest absolute Gasteiger partial charge is 0.322 e. The number of rotatable bonds is 5. The van der Waals surface area contributed by atoms with Gasteiger partial charge in [0.05, 0.1) is 13.7 Å². The first-order valence-corrected chi connectivity index (χ1v) is 11.3. The molecule has 2 aromatic heterocycles. The number of fused-ring (bicyclic) bond motifs is 2. The number of pyridine rings is 1. The van der Waals surface area contributed by atoms with Gasteiger partial charge < -0.3 is 25.1 Å². The molecule has 2 aromatic carbocycles. The van der Waals surface area contributed by atoms with E-state index in [1.165, 1.54) is 24.3 Å². The highest BCUT2D eigenvalue weighted by atomic mass is 19.1. The Balaban J connectivity index is 1.40. The molecule has 0 unspecified atom stereocenters. The normalized spacial score (nSPS) is 18.8. The molecule has 37 heavy (non-hydrogen) atoms. The second kappa shape index (κ2) is 8.05. The molecule has 4 heterocycles. The van der Waals surface area contributed by atoms with Crippen LogP contribution in [-0.2, 0) is 16.9 Å². The van der Waals surface area contributed by atoms with Crippen LogP contribution in [0, 0.1) is 5.82 Å². The fraction of sp³-hybridized carbons (Fsp3) is 0.154. The standard InChI is InChI=1S/C26H20FN5O5/c1-36-16-4-2-14-11-32(23(33)18(14)8-16)12-26(24(34)30-25(35)31-26)21-7-15-6-17(19(27)9-20(15)37-21)13-3-5-22(28)29-10-13/h2-10H,11-12H2,1H3,(H2,28,29)(H2,30,31,34,35)/t26-/m0/s1. The van der Waals surface area contributed by atoms with Crippen LogP contribution in [-0.4, -0.2) is 41.4 Å². The number of halogens is 1. The summed E-state index contributed by atoms with van der Waals surface area (Å²) in [6.45, 7) is 0.0314. The van der Waals surface area contributed by atoms with Crippen molar-refractivity contribution >= 4 is 34.6 Å². The number of nitrogen functional groups attached to an aromatic ring is 1. The van der Waals surface area contributed by atoms with Crippen molar-refractivity contribution in [2.75, 3.05) is 19.4 Å². The van der Waals surface area contributed by atoms with E-state index in [0.717, 1.165) is 5.56 Å². The van der Waals surface area contributed by atoms with E-state index in [1.54, 1.807) is 42.5 Å². The zero-order valence-corrected chi connectivity index (χ0v) is 19.5. The Morgan fingerprint density at radius 3 is 2.68 bits per heavy atom. The van der Waals surface area contributed by atoms with Gasteiger partial charge in [0.15, 0.2) is 5.54 Å². The molecule has 4 N–H and O–H groups in total. The SMILES string of the molecule is COc1ccc2c(c1)C(=O)N(C[C@@]1(c3cc4cc(-c5ccc(N)nc5)c(F)cc4o3)NC(=O)NC1=O)C2. The van der Waals surface area contributed by atoms with Crippen molar-refractivity contribution in [3.63, 3.8) is 0 Å². The maximum Gasteiger partial charge on any atom is 0.322 e. The van der Waals surface area contributed by atoms with E-state index < -0.39 is 23.3 Å². The number of hydrogen-bond acceptors (Lipinski definition) is 7. The molecule has 0 saturated carbocycles. The van der Waals surface area contributed by atoms with Crippen molar-refractivity contribution < 1.29 is 27.9 Å². The van der Waals surface area contributed by atoms with E-state index >= 15 is 0 Å². The van der Waals surface area contributed by atoms with Crippen LogP contribution >= 0.6 is 0 Å². The first kappa shape index (κ1) is 22.5. The number of imide groups is 1. The van der Waals surface area contributed by atoms with Gasteiger partial charge in [0.1, 0.15) is 28.7 Å². The molecule has 11 heteroatoms. The van der Waals surface area contributed by atoms with E-state index in [0.29, 0.717) is 28.1 Å². The monoisotopic (exact) mass is 501 g/mol. The number of carbonyl (C=O) groups excluding carboxylic acids is 3. The average Bonchev–Trinajstić information content (AvgIpc) is 3.52. The van der Waals surface area contributed by atoms with E-state index in [9.17, 15) is 18.8 Å². The molecule has 1 atom stereocenters. The number of hydrogen-bond donors (Lipinski definition) is 3. The summed E-state index contributed by atoms with van der Waals surface area (Å²) in [6, 6.07) is 12.0. The van der Waals surface area contributed by atoms with Crippen LogP contribution in [0.15, 0.2) is 59.1 Å². The highest BCUT2D eigenvalue weighted by Gasteiger charge is 2.53. The van der Waals surface area contributed by atoms with Gasteiger partial charge in [-0.3, -0.25) is 14.9 Å². The van der Waals surface area contributed by atoms with Crippen LogP contribution in [0.4, 0.5) is 15.0 Å². The summed E-state index contributed by atoms with van der Waals surface area (Å²) in [4.78, 5) is 44.0. The maximum absolute atomic E-state index is 15.0. The van der Waals surface area contributed by atoms with E-state index in [1.807, 2.05) is 0 Å². The van der Waals surface area contributed by atoms with Gasteiger partial charge in [0.2, 0.25) is 0 Å². The van der Waals surface area contributed by atoms with Crippen LogP contribution in [0.3, 0.4) is 0 Å². The van der Waals surface area contributed by atoms with Gasteiger partial charge in [-0.1, -0.05) is 6.07 Å². The number of nitrogens with two attached hydrogens (primary N) is 1. The molecular formula is C26H20FN5O5. The number of ether oxygens (including phenoxy) is 1. The Labute approximate surface area is 209 Å². The summed E-state index contributed by atoms with van der Waals surface area (Å²) in [5.41, 5.74) is 6.09. The molecule has 2 aliphatic heterocycles. The third kappa shape index (κ3) is 3.54. The van der Waals surface area contributed by atoms with Crippen LogP contribution in [0.25, 0.3) is 22.1 Å². The maximum atomic E-state index is 15.0. The molecule has 4 amide bonds. The Hall–Kier alpha value is -4.93. The number of anilines is 1. The van der Waals surface area contributed by atoms with Gasteiger partial charge in [-0.25, -0.2) is 14.2 Å². The molecule has 1 saturated heterocycles. The quantitative estimate of drug-likeness (QED) is 0.357. The summed E-state index contributed by atoms with van der Waals surface area (Å²) >= 11 is 0. The molecule has 1 fully saturated rings. The highest BCUT2D eigenvalue weighted by Crippen LogP contribution is 2.37. The Bertz CT molecular complexity index is 1620. The zero-order chi connectivity index (χ0) is 25.9. The number of benzene rings is 2. The molecule has 4 aromatic rings. The summed E-state index contributed by atoms with van der Waals surface area (Å²) in [6.07, 6.45) is 1.46. The summed E-state index contributed by atoms with van der Waals surface area (Å²) < 4.78 is 26.1. The molecule has 10 nitrogen and oxygen atoms in total. The number of furan rings is 1. The minimum absolute atomic E-state index is 0.0687. The second-order valence-electron chi connectivity index (χ2n) is 8.95. The van der Waals surface area contributed by atoms with E-state index in [4.69, 9.17) is 14.9 Å². The third-order valence-corrected chi connectivity index (χ3v) is 6.69. The molecule has 0 bridgehead atoms. The summed E-state index contributed by atoms with van der Waals surface area (Å²) in [5.74, 6) is -0.657. The number of nitrogens with zero attached hydrogens (tertiary/aromatic N) is 2. The molecule has 0 aliphatic carbocycles. The Morgan fingerprint density at radius 1 is 1.14 bits per heavy atom. The first-order chi connectivity index (χ1) is 17.8. The molecule has 6 rings (SSSR count). The number of nitrogens with one attached hydrogen (secondary N) is 2. The lowest BCUT2D eigenvalue weighted by Crippen LogP contribution is -2.52. The lowest BCUT2D eigenvalue weighted by molar-refractivity contribution is -0.125. The van der Waals surface area contributed by atoms with Gasteiger partial charge in [0, 0.05) is 40.9 Å². The summed E-state index contributed by atoms with van der Waals surface area (Å²) in [7, 11) is 1.51. The van der Waals surface area contributed by atoms with Gasteiger partial charge in [0.25, 0.3) is 11.8 Å². The van der Waals surface area contributed by atoms with Gasteiger partial charge in [-0.15, -0.1) is 0 Å². The fourth-order valence-corrected chi connectivity index (χ4v) is 4.79. The first-order valence-electron chi connectivity index (χ1n) is 11.3. The van der Waals surface area contributed by atoms with Crippen molar-refractivity contribution in [3.8, 4) is 16.9 Å². The second-order valence-corrected chi connectivity index (χ2v) is 8.95. The fourth-order valence-electron chi connectivity index (χ4n) is 4.79. The highest BCUT2D eigenvalue weighted by molar-refractivity contribution is 6.08. The Kier molecular flexibility index (Phi) is 4.90. The largest absolute Gasteiger partial charge is 0.497 e. The molecule has 0 radical (unpaired) electrons. The number of aromatic nitrogens is 1. The van der Waals surface area contributed by atoms with E-state index in [-0.39, 0.29) is 35.9 Å². The molecule has 186 valence electrons. The van der Waals surface area contributed by atoms with Crippen molar-refractivity contribution in [1.29, 1.82) is 0 Å². The van der Waals surface area contributed by atoms with Gasteiger partial charge in [-0.2, -0.15) is 0 Å². The zero-order valence-electron chi connectivity index (χ0n) is 19.5. The van der Waals surface area contributed by atoms with Crippen LogP contribution in [0.5, 0.6) is 5.75 Å². The number of amides is 4. The molecule has 2 aliphatic rings. The minimum atomic E-state index is -1.71. The van der Waals surface area contributed by atoms with Crippen molar-refractivity contribution in [3.05, 3.63) is 77.4 Å². The lowest BCUT2D eigenvalue weighted by Gasteiger charge is -2.29. The molecule has 0 spiro atoms. The lowest BCUT2D eigenvalue weighted by atomic mass is 9.95. The van der Waals surface area contributed by atoms with E-state index in [2.05, 4.69) is 15.6 Å². The topological polar surface area (TPSA) is 140 Å². The third-order valence-electron chi connectivity index (χ3n) is 6.69. The van der Waals surface area contributed by atoms with Crippen LogP contribution < -0.4 is 21.1 Å². The molecular weight excluding hydrogens is 481 g/mol. The minimum Gasteiger partial charge on any atom is -0.497 e. The predicted octanol–water partition coefficient (Wildman–Crippen LogP) is 2.92. The number of carbonyl (C=O) groups is 3. The van der Waals surface area contributed by atoms with Crippen molar-refractivity contribution in [2.24, 2.45) is 0 Å². The summed E-state index contributed by atoms with van der Waals surface area (Å²) in [5, 5.41) is 5.36. The average molecular weight is 501 g/mol. The number of urea groups is 1. The Morgan fingerprint density at radius 2 is 1.97 bits per heavy atom.